The summed E-state index contributed by atoms with van der Waals surface area (Å²) in [7, 11) is 0. The van der Waals surface area contributed by atoms with Crippen LogP contribution in [0.4, 0.5) is 5.69 Å². The summed E-state index contributed by atoms with van der Waals surface area (Å²) in [5.41, 5.74) is 0.847. The van der Waals surface area contributed by atoms with E-state index in [2.05, 4.69) is 20.9 Å². The Balaban J connectivity index is 3.12. The van der Waals surface area contributed by atoms with Gasteiger partial charge in [0.05, 0.1) is 9.40 Å². The van der Waals surface area contributed by atoms with E-state index in [1.807, 2.05) is 6.92 Å². The van der Waals surface area contributed by atoms with Crippen molar-refractivity contribution in [3.05, 3.63) is 32.5 Å². The molecule has 0 aliphatic rings. The van der Waals surface area contributed by atoms with Gasteiger partial charge < -0.3 is 0 Å². The Kier molecular flexibility index (Phi) is 2.75. The molecule has 0 amide bonds. The summed E-state index contributed by atoms with van der Waals surface area (Å²) in [6.07, 6.45) is 2.04. The number of hydrogen-bond acceptors (Lipinski definition) is 3. The molecule has 0 spiro atoms. The van der Waals surface area contributed by atoms with Crippen LogP contribution in [-0.4, -0.2) is 9.91 Å². The molecular formula is C7H7BrN2O2. The number of rotatable bonds is 2. The van der Waals surface area contributed by atoms with Crippen molar-refractivity contribution in [2.24, 2.45) is 0 Å². The molecule has 0 N–H and O–H groups in total. The van der Waals surface area contributed by atoms with E-state index in [9.17, 15) is 10.1 Å². The van der Waals surface area contributed by atoms with Crippen molar-refractivity contribution in [2.75, 3.05) is 0 Å². The number of pyridine rings is 1. The largest absolute Gasteiger partial charge is 0.301 e. The summed E-state index contributed by atoms with van der Waals surface area (Å²) in [6, 6.07) is 1.66. The molecule has 1 aromatic heterocycles. The minimum absolute atomic E-state index is 0.00667. The predicted octanol–water partition coefficient (Wildman–Crippen LogP) is 2.31. The zero-order chi connectivity index (χ0) is 9.14. The van der Waals surface area contributed by atoms with Gasteiger partial charge in [0, 0.05) is 5.69 Å². The third-order valence-corrected chi connectivity index (χ3v) is 2.08. The normalized spacial score (nSPS) is 9.83. The third kappa shape index (κ3) is 1.79. The fourth-order valence-electron chi connectivity index (χ4n) is 0.791. The van der Waals surface area contributed by atoms with Crippen LogP contribution < -0.4 is 0 Å². The maximum atomic E-state index is 10.4. The summed E-state index contributed by atoms with van der Waals surface area (Å²) in [5, 5.41) is 10.4. The molecule has 0 saturated heterocycles. The molecular weight excluding hydrogens is 224 g/mol. The van der Waals surface area contributed by atoms with E-state index in [0.717, 1.165) is 12.1 Å². The first-order chi connectivity index (χ1) is 5.65. The van der Waals surface area contributed by atoms with Gasteiger partial charge in [-0.1, -0.05) is 6.92 Å². The highest BCUT2D eigenvalue weighted by Crippen LogP contribution is 2.23. The molecule has 4 nitrogen and oxygen atoms in total. The molecule has 1 aromatic rings. The summed E-state index contributed by atoms with van der Waals surface area (Å²) in [4.78, 5) is 13.8. The van der Waals surface area contributed by atoms with Gasteiger partial charge in [0.15, 0.2) is 0 Å². The molecule has 1 heterocycles. The smallest absolute Gasteiger partial charge is 0.258 e. The molecule has 64 valence electrons. The summed E-state index contributed by atoms with van der Waals surface area (Å²) in [6.45, 7) is 1.95. The van der Waals surface area contributed by atoms with E-state index in [1.165, 1.54) is 6.20 Å². The lowest BCUT2D eigenvalue weighted by atomic mass is 10.3. The van der Waals surface area contributed by atoms with Gasteiger partial charge in [-0.3, -0.25) is 15.1 Å². The molecule has 0 aliphatic heterocycles. The van der Waals surface area contributed by atoms with Crippen LogP contribution >= 0.6 is 15.9 Å². The van der Waals surface area contributed by atoms with Gasteiger partial charge in [0.25, 0.3) is 0 Å². The SMILES string of the molecule is CCc1cc(Br)c([N+](=O)[O-])cn1. The van der Waals surface area contributed by atoms with Crippen LogP contribution in [0.5, 0.6) is 0 Å². The van der Waals surface area contributed by atoms with Gasteiger partial charge in [-0.25, -0.2) is 0 Å². The van der Waals surface area contributed by atoms with Crippen LogP contribution in [0.3, 0.4) is 0 Å². The molecule has 0 radical (unpaired) electrons. The van der Waals surface area contributed by atoms with Crippen molar-refractivity contribution in [3.63, 3.8) is 0 Å². The molecule has 5 heteroatoms. The lowest BCUT2D eigenvalue weighted by Gasteiger charge is -1.97. The third-order valence-electron chi connectivity index (χ3n) is 1.45. The highest BCUT2D eigenvalue weighted by atomic mass is 79.9. The van der Waals surface area contributed by atoms with Crippen LogP contribution in [-0.2, 0) is 6.42 Å². The highest BCUT2D eigenvalue weighted by Gasteiger charge is 2.11. The van der Waals surface area contributed by atoms with Crippen molar-refractivity contribution in [1.82, 2.24) is 4.98 Å². The lowest BCUT2D eigenvalue weighted by Crippen LogP contribution is -1.93. The molecule has 0 fully saturated rings. The molecule has 0 atom stereocenters. The van der Waals surface area contributed by atoms with Gasteiger partial charge >= 0.3 is 5.69 Å². The first-order valence-corrected chi connectivity index (χ1v) is 4.23. The maximum Gasteiger partial charge on any atom is 0.301 e. The summed E-state index contributed by atoms with van der Waals surface area (Å²) >= 11 is 3.11. The number of nitrogens with zero attached hydrogens (tertiary/aromatic N) is 2. The van der Waals surface area contributed by atoms with E-state index >= 15 is 0 Å². The first-order valence-electron chi connectivity index (χ1n) is 3.44. The zero-order valence-corrected chi connectivity index (χ0v) is 8.04. The number of halogens is 1. The Hall–Kier alpha value is -0.970. The van der Waals surface area contributed by atoms with Crippen molar-refractivity contribution in [1.29, 1.82) is 0 Å². The molecule has 0 unspecified atom stereocenters. The van der Waals surface area contributed by atoms with E-state index in [1.54, 1.807) is 6.07 Å². The Morgan fingerprint density at radius 1 is 1.75 bits per heavy atom. The Labute approximate surface area is 77.9 Å². The minimum Gasteiger partial charge on any atom is -0.258 e. The van der Waals surface area contributed by atoms with Crippen molar-refractivity contribution >= 4 is 21.6 Å². The molecule has 12 heavy (non-hydrogen) atoms. The number of hydrogen-bond donors (Lipinski definition) is 0. The van der Waals surface area contributed by atoms with Crippen molar-refractivity contribution < 1.29 is 4.92 Å². The average molecular weight is 231 g/mol. The van der Waals surface area contributed by atoms with Gasteiger partial charge in [-0.2, -0.15) is 0 Å². The van der Waals surface area contributed by atoms with Crippen LogP contribution in [0, 0.1) is 10.1 Å². The van der Waals surface area contributed by atoms with E-state index in [0.29, 0.717) is 4.47 Å². The zero-order valence-electron chi connectivity index (χ0n) is 6.45. The van der Waals surface area contributed by atoms with Crippen LogP contribution in [0.25, 0.3) is 0 Å². The number of aryl methyl sites for hydroxylation is 1. The van der Waals surface area contributed by atoms with E-state index in [-0.39, 0.29) is 5.69 Å². The average Bonchev–Trinajstić information content (AvgIpc) is 2.03. The first kappa shape index (κ1) is 9.12. The van der Waals surface area contributed by atoms with Crippen LogP contribution in [0.2, 0.25) is 0 Å². The van der Waals surface area contributed by atoms with Gasteiger partial charge in [0.1, 0.15) is 6.20 Å². The molecule has 0 aromatic carbocycles. The topological polar surface area (TPSA) is 56.0 Å². The second-order valence-corrected chi connectivity index (χ2v) is 3.09. The summed E-state index contributed by atoms with van der Waals surface area (Å²) in [5.74, 6) is 0. The quantitative estimate of drug-likeness (QED) is 0.579. The second kappa shape index (κ2) is 3.62. The van der Waals surface area contributed by atoms with Crippen LogP contribution in [0.15, 0.2) is 16.7 Å². The van der Waals surface area contributed by atoms with E-state index in [4.69, 9.17) is 0 Å². The maximum absolute atomic E-state index is 10.4. The predicted molar refractivity (Wildman–Crippen MR) is 48.0 cm³/mol. The second-order valence-electron chi connectivity index (χ2n) is 2.24. The van der Waals surface area contributed by atoms with E-state index < -0.39 is 4.92 Å². The summed E-state index contributed by atoms with van der Waals surface area (Å²) < 4.78 is 0.486. The number of nitro groups is 1. The standard InChI is InChI=1S/C7H7BrN2O2/c1-2-5-3-6(8)7(4-9-5)10(11)12/h3-4H,2H2,1H3. The van der Waals surface area contributed by atoms with Crippen molar-refractivity contribution in [2.45, 2.75) is 13.3 Å². The minimum atomic E-state index is -0.462. The van der Waals surface area contributed by atoms with Crippen molar-refractivity contribution in [3.8, 4) is 0 Å². The fraction of sp³-hybridized carbons (Fsp3) is 0.286. The molecule has 1 rings (SSSR count). The van der Waals surface area contributed by atoms with Crippen LogP contribution in [0.1, 0.15) is 12.6 Å². The lowest BCUT2D eigenvalue weighted by molar-refractivity contribution is -0.386. The molecule has 0 aliphatic carbocycles. The Morgan fingerprint density at radius 2 is 2.42 bits per heavy atom. The Bertz CT molecular complexity index is 314. The Morgan fingerprint density at radius 3 is 2.83 bits per heavy atom. The highest BCUT2D eigenvalue weighted by molar-refractivity contribution is 9.10. The van der Waals surface area contributed by atoms with Gasteiger partial charge in [-0.05, 0) is 28.4 Å². The van der Waals surface area contributed by atoms with Gasteiger partial charge in [0.2, 0.25) is 0 Å². The van der Waals surface area contributed by atoms with Gasteiger partial charge in [-0.15, -0.1) is 0 Å². The fourth-order valence-corrected chi connectivity index (χ4v) is 1.30. The molecule has 0 saturated carbocycles. The molecule has 0 bridgehead atoms. The monoisotopic (exact) mass is 230 g/mol. The number of aromatic nitrogens is 1.